The molecule has 0 aliphatic heterocycles. The Hall–Kier alpha value is -4.80. The number of carbonyl (C=O) groups excluding carboxylic acids is 2. The maximum absolute atomic E-state index is 13.8. The lowest BCUT2D eigenvalue weighted by molar-refractivity contribution is -0.896. The summed E-state index contributed by atoms with van der Waals surface area (Å²) in [5.41, 5.74) is 0.140. The van der Waals surface area contributed by atoms with E-state index in [2.05, 4.69) is 4.98 Å². The Morgan fingerprint density at radius 1 is 0.795 bits per heavy atom. The summed E-state index contributed by atoms with van der Waals surface area (Å²) < 4.78 is 63.7. The molecule has 11 heteroatoms. The molecular weight excluding hydrogens is 520 g/mol. The van der Waals surface area contributed by atoms with E-state index in [-0.39, 0.29) is 46.9 Å². The predicted molar refractivity (Wildman–Crippen MR) is 131 cm³/mol. The van der Waals surface area contributed by atoms with Crippen LogP contribution in [-0.4, -0.2) is 35.3 Å². The molecule has 4 aromatic rings. The molecule has 0 amide bonds. The molecule has 0 saturated heterocycles. The minimum absolute atomic E-state index is 0.0117. The number of esters is 2. The molecule has 39 heavy (non-hydrogen) atoms. The van der Waals surface area contributed by atoms with E-state index in [1.165, 1.54) is 36.7 Å². The molecule has 2 aromatic carbocycles. The van der Waals surface area contributed by atoms with Crippen molar-refractivity contribution in [2.45, 2.75) is 13.8 Å². The first kappa shape index (κ1) is 28.8. The van der Waals surface area contributed by atoms with Gasteiger partial charge in [-0.05, 0) is 56.3 Å². The Morgan fingerprint density at radius 3 is 1.90 bits per heavy atom. The summed E-state index contributed by atoms with van der Waals surface area (Å²) in [5.74, 6) is -4.38. The fourth-order valence-corrected chi connectivity index (χ4v) is 3.50. The quantitative estimate of drug-likeness (QED) is 0.149. The van der Waals surface area contributed by atoms with Crippen LogP contribution in [0, 0.1) is 23.3 Å². The molecule has 0 aliphatic rings. The second-order valence-corrected chi connectivity index (χ2v) is 7.70. The van der Waals surface area contributed by atoms with Crippen molar-refractivity contribution in [3.63, 3.8) is 0 Å². The number of carbonyl (C=O) groups is 2. The minimum atomic E-state index is -0.885. The third kappa shape index (κ3) is 6.95. The van der Waals surface area contributed by atoms with Crippen molar-refractivity contribution in [1.82, 2.24) is 4.98 Å². The Kier molecular flexibility index (Phi) is 9.69. The summed E-state index contributed by atoms with van der Waals surface area (Å²) >= 11 is 0. The van der Waals surface area contributed by atoms with Gasteiger partial charge in [0, 0.05) is 34.7 Å². The van der Waals surface area contributed by atoms with Gasteiger partial charge in [0.1, 0.15) is 28.8 Å². The molecule has 2 heterocycles. The van der Waals surface area contributed by atoms with Gasteiger partial charge in [0.2, 0.25) is 6.20 Å². The first-order valence-electron chi connectivity index (χ1n) is 11.6. The van der Waals surface area contributed by atoms with Crippen molar-refractivity contribution in [2.75, 3.05) is 13.2 Å². The van der Waals surface area contributed by atoms with Gasteiger partial charge in [-0.1, -0.05) is 0 Å². The van der Waals surface area contributed by atoms with Crippen LogP contribution >= 0.6 is 0 Å². The second kappa shape index (κ2) is 13.1. The number of benzene rings is 2. The van der Waals surface area contributed by atoms with E-state index < -0.39 is 35.2 Å². The average molecular weight is 543 g/mol. The highest BCUT2D eigenvalue weighted by Gasteiger charge is 2.27. The number of aromatic nitrogens is 2. The van der Waals surface area contributed by atoms with Gasteiger partial charge in [-0.2, -0.15) is 0 Å². The van der Waals surface area contributed by atoms with E-state index >= 15 is 0 Å². The summed E-state index contributed by atoms with van der Waals surface area (Å²) in [6.07, 6.45) is 2.67. The molecular formula is C28H23F4N2O5+. The van der Waals surface area contributed by atoms with Crippen molar-refractivity contribution in [1.29, 1.82) is 0 Å². The smallest absolute Gasteiger partial charge is 0.345 e. The minimum Gasteiger partial charge on any atom is -0.462 e. The van der Waals surface area contributed by atoms with Gasteiger partial charge >= 0.3 is 11.9 Å². The highest BCUT2D eigenvalue weighted by Crippen LogP contribution is 2.26. The van der Waals surface area contributed by atoms with Crippen LogP contribution in [-0.2, 0) is 9.47 Å². The summed E-state index contributed by atoms with van der Waals surface area (Å²) in [4.78, 5) is 27.6. The van der Waals surface area contributed by atoms with Gasteiger partial charge in [0.15, 0.2) is 0 Å². The van der Waals surface area contributed by atoms with Crippen LogP contribution in [0.3, 0.4) is 0 Å². The maximum atomic E-state index is 13.8. The lowest BCUT2D eigenvalue weighted by Crippen LogP contribution is -2.34. The molecule has 1 N–H and O–H groups in total. The van der Waals surface area contributed by atoms with Crippen LogP contribution in [0.1, 0.15) is 34.6 Å². The number of hydrogen-bond acceptors (Lipinski definition) is 6. The molecule has 4 rings (SSSR count). The summed E-state index contributed by atoms with van der Waals surface area (Å²) in [6, 6.07) is 11.8. The third-order valence-corrected chi connectivity index (χ3v) is 5.15. The highest BCUT2D eigenvalue weighted by atomic mass is 19.1. The summed E-state index contributed by atoms with van der Waals surface area (Å²) in [5, 5.41) is 9.80. The molecule has 0 fully saturated rings. The molecule has 0 spiro atoms. The van der Waals surface area contributed by atoms with E-state index in [1.54, 1.807) is 19.9 Å². The zero-order chi connectivity index (χ0) is 28.5. The van der Waals surface area contributed by atoms with Gasteiger partial charge in [0.05, 0.1) is 30.0 Å². The first-order valence-corrected chi connectivity index (χ1v) is 11.6. The molecule has 0 atom stereocenters. The van der Waals surface area contributed by atoms with Gasteiger partial charge in [-0.15, -0.1) is 0 Å². The van der Waals surface area contributed by atoms with E-state index in [0.29, 0.717) is 10.8 Å². The number of ether oxygens (including phenoxy) is 2. The maximum Gasteiger partial charge on any atom is 0.345 e. The van der Waals surface area contributed by atoms with Crippen LogP contribution in [0.15, 0.2) is 73.1 Å². The van der Waals surface area contributed by atoms with Crippen molar-refractivity contribution in [3.8, 4) is 22.5 Å². The zero-order valence-electron chi connectivity index (χ0n) is 20.8. The SMILES string of the molecule is CCOC(=O)c1ccc[n+](O)c1-c1ccc(F)cc1F.CCOC(=O)c1cccnc1-c1ccc(F)cc1F. The van der Waals surface area contributed by atoms with Gasteiger partial charge < -0.3 is 9.47 Å². The second-order valence-electron chi connectivity index (χ2n) is 7.70. The monoisotopic (exact) mass is 543 g/mol. The summed E-state index contributed by atoms with van der Waals surface area (Å²) in [7, 11) is 0. The van der Waals surface area contributed by atoms with Crippen molar-refractivity contribution in [3.05, 3.63) is 107 Å². The third-order valence-electron chi connectivity index (χ3n) is 5.15. The highest BCUT2D eigenvalue weighted by molar-refractivity contribution is 5.96. The molecule has 0 bridgehead atoms. The molecule has 7 nitrogen and oxygen atoms in total. The molecule has 0 unspecified atom stereocenters. The van der Waals surface area contributed by atoms with Crippen LogP contribution in [0.2, 0.25) is 0 Å². The van der Waals surface area contributed by atoms with E-state index in [1.807, 2.05) is 0 Å². The standard InChI is InChI=1S/C14H12F2NO3.C14H11F2NO2/c1-2-20-14(18)11-4-3-7-17(19)13(11)10-6-5-9(15)8-12(10)16;1-2-19-14(18)11-4-3-7-17-13(11)10-6-5-9(15)8-12(10)16/h3-8,19H,2H2,1H3;3-8H,2H2,1H3/q+1;. The molecule has 202 valence electrons. The first-order chi connectivity index (χ1) is 18.7. The predicted octanol–water partition coefficient (Wildman–Crippen LogP) is 5.54. The average Bonchev–Trinajstić information content (AvgIpc) is 2.90. The topological polar surface area (TPSA) is 89.6 Å². The Bertz CT molecular complexity index is 1500. The zero-order valence-corrected chi connectivity index (χ0v) is 20.8. The largest absolute Gasteiger partial charge is 0.462 e. The molecule has 0 saturated carbocycles. The Morgan fingerprint density at radius 2 is 1.33 bits per heavy atom. The fraction of sp³-hybridized carbons (Fsp3) is 0.143. The van der Waals surface area contributed by atoms with Crippen molar-refractivity contribution >= 4 is 11.9 Å². The molecule has 0 radical (unpaired) electrons. The van der Waals surface area contributed by atoms with E-state index in [9.17, 15) is 32.4 Å². The Labute approximate surface area is 220 Å². The lowest BCUT2D eigenvalue weighted by Gasteiger charge is -2.08. The van der Waals surface area contributed by atoms with Crippen molar-refractivity contribution < 1.29 is 46.6 Å². The molecule has 0 aliphatic carbocycles. The normalized spacial score (nSPS) is 10.3. The van der Waals surface area contributed by atoms with Crippen LogP contribution in [0.25, 0.3) is 22.5 Å². The van der Waals surface area contributed by atoms with Crippen LogP contribution in [0.4, 0.5) is 17.6 Å². The van der Waals surface area contributed by atoms with E-state index in [4.69, 9.17) is 9.47 Å². The Balaban J connectivity index is 0.000000216. The number of rotatable bonds is 6. The lowest BCUT2D eigenvalue weighted by atomic mass is 10.1. The van der Waals surface area contributed by atoms with Crippen molar-refractivity contribution in [2.24, 2.45) is 0 Å². The number of nitrogens with zero attached hydrogens (tertiary/aromatic N) is 2. The number of halogens is 4. The van der Waals surface area contributed by atoms with Crippen LogP contribution in [0.5, 0.6) is 0 Å². The van der Waals surface area contributed by atoms with Gasteiger partial charge in [-0.25, -0.2) is 27.2 Å². The van der Waals surface area contributed by atoms with E-state index in [0.717, 1.165) is 24.3 Å². The van der Waals surface area contributed by atoms with Gasteiger partial charge in [-0.3, -0.25) is 10.2 Å². The number of hydrogen-bond donors (Lipinski definition) is 1. The van der Waals surface area contributed by atoms with Crippen LogP contribution < -0.4 is 4.73 Å². The van der Waals surface area contributed by atoms with Gasteiger partial charge in [0.25, 0.3) is 5.69 Å². The number of pyridine rings is 2. The summed E-state index contributed by atoms with van der Waals surface area (Å²) in [6.45, 7) is 3.65. The fourth-order valence-electron chi connectivity index (χ4n) is 3.50. The molecule has 2 aromatic heterocycles.